The van der Waals surface area contributed by atoms with Crippen molar-refractivity contribution in [2.75, 3.05) is 13.4 Å². The molecule has 1 aliphatic rings. The van der Waals surface area contributed by atoms with Crippen LogP contribution in [0.3, 0.4) is 0 Å². The van der Waals surface area contributed by atoms with Gasteiger partial charge >= 0.3 is 0 Å². The molecule has 7 heteroatoms. The summed E-state index contributed by atoms with van der Waals surface area (Å²) in [5, 5.41) is 13.0. The molecule has 6 nitrogen and oxygen atoms in total. The van der Waals surface area contributed by atoms with E-state index in [0.29, 0.717) is 5.92 Å². The fourth-order valence-corrected chi connectivity index (χ4v) is 2.98. The van der Waals surface area contributed by atoms with E-state index in [4.69, 9.17) is 4.79 Å². The van der Waals surface area contributed by atoms with Crippen molar-refractivity contribution in [2.24, 2.45) is 21.2 Å². The molecule has 1 aliphatic carbocycles. The summed E-state index contributed by atoms with van der Waals surface area (Å²) < 4.78 is 0. The normalized spacial score (nSPS) is 12.5. The number of allylic oxidation sites excluding steroid dienone is 6. The summed E-state index contributed by atoms with van der Waals surface area (Å²) in [6.45, 7) is 26.2. The van der Waals surface area contributed by atoms with E-state index in [1.54, 1.807) is 7.05 Å². The van der Waals surface area contributed by atoms with E-state index in [9.17, 15) is 0 Å². The number of rotatable bonds is 7. The van der Waals surface area contributed by atoms with Crippen molar-refractivity contribution >= 4 is 42.7 Å². The molecule has 1 aromatic heterocycles. The van der Waals surface area contributed by atoms with Crippen LogP contribution in [-0.2, 0) is 4.79 Å². The Morgan fingerprint density at radius 1 is 1.03 bits per heavy atom. The van der Waals surface area contributed by atoms with E-state index in [2.05, 4.69) is 97.5 Å². The molecule has 0 bridgehead atoms. The summed E-state index contributed by atoms with van der Waals surface area (Å²) in [5.41, 5.74) is 7.99. The largest absolute Gasteiger partial charge is 0.307 e. The topological polar surface area (TPSA) is 70.3 Å². The van der Waals surface area contributed by atoms with Crippen LogP contribution >= 0.6 is 11.6 Å². The number of carbonyl (C=O) groups excluding carboxylic acids is 1. The zero-order valence-corrected chi connectivity index (χ0v) is 26.9. The van der Waals surface area contributed by atoms with Gasteiger partial charge in [0.05, 0.1) is 0 Å². The highest BCUT2D eigenvalue weighted by atomic mass is 35.5. The van der Waals surface area contributed by atoms with Crippen LogP contribution in [0.15, 0.2) is 68.7 Å². The third kappa shape index (κ3) is 22.3. The molecule has 0 atom stereocenters. The van der Waals surface area contributed by atoms with E-state index in [1.165, 1.54) is 52.0 Å². The smallest absolute Gasteiger partial charge is 0.134 e. The molecule has 0 amide bonds. The van der Waals surface area contributed by atoms with Crippen molar-refractivity contribution in [3.63, 3.8) is 0 Å². The number of hydrazone groups is 1. The van der Waals surface area contributed by atoms with Gasteiger partial charge in [-0.15, -0.1) is 16.7 Å². The first-order chi connectivity index (χ1) is 18.2. The van der Waals surface area contributed by atoms with Gasteiger partial charge in [-0.2, -0.15) is 10.2 Å². The second kappa shape index (κ2) is 30.4. The molecule has 0 saturated heterocycles. The minimum atomic E-state index is 0.620. The Balaban J connectivity index is -0.000000246. The van der Waals surface area contributed by atoms with Gasteiger partial charge in [0.25, 0.3) is 0 Å². The van der Waals surface area contributed by atoms with Crippen LogP contribution in [0.1, 0.15) is 94.1 Å². The Kier molecular flexibility index (Phi) is 33.7. The molecular weight excluding hydrogens is 494 g/mol. The number of hydrogen-bond donors (Lipinski definition) is 0. The second-order valence-corrected chi connectivity index (χ2v) is 8.07. The highest BCUT2D eigenvalue weighted by Crippen LogP contribution is 2.29. The van der Waals surface area contributed by atoms with Crippen LogP contribution in [-0.4, -0.2) is 49.0 Å². The van der Waals surface area contributed by atoms with Crippen LogP contribution in [0, 0.1) is 5.92 Å². The van der Waals surface area contributed by atoms with Crippen molar-refractivity contribution < 1.29 is 4.79 Å². The van der Waals surface area contributed by atoms with Gasteiger partial charge in [-0.25, -0.2) is 0 Å². The molecule has 0 aliphatic heterocycles. The lowest BCUT2D eigenvalue weighted by atomic mass is 9.90. The van der Waals surface area contributed by atoms with Crippen LogP contribution in [0.4, 0.5) is 0 Å². The maximum atomic E-state index is 8.00. The summed E-state index contributed by atoms with van der Waals surface area (Å²) in [7, 11) is 1.75. The molecule has 0 N–H and O–H groups in total. The first-order valence-electron chi connectivity index (χ1n) is 13.1. The SMILES string of the molecule is C=NN(C)/C=N\N=C(/C)CC(C)C.C=O.CC.CC.CC1=CC=C(/C(C)=C(/C)c2ccncc2)CC1.CCl. The van der Waals surface area contributed by atoms with Gasteiger partial charge in [0.1, 0.15) is 13.1 Å². The molecule has 216 valence electrons. The molecule has 38 heavy (non-hydrogen) atoms. The highest BCUT2D eigenvalue weighted by Gasteiger charge is 2.08. The Labute approximate surface area is 239 Å². The zero-order chi connectivity index (χ0) is 30.5. The molecule has 0 fully saturated rings. The van der Waals surface area contributed by atoms with E-state index >= 15 is 0 Å². The Hall–Kier alpha value is -2.86. The van der Waals surface area contributed by atoms with E-state index in [-0.39, 0.29) is 0 Å². The lowest BCUT2D eigenvalue weighted by Crippen LogP contribution is -2.06. The van der Waals surface area contributed by atoms with Crippen LogP contribution in [0.2, 0.25) is 0 Å². The molecular formula is C31H54ClN5O. The maximum absolute atomic E-state index is 8.00. The standard InChI is InChI=1S/C16H19N.C9H18N4.2C2H6.CH3Cl.CH2O/c1-12-4-6-15(7-5-12)13(2)14(3)16-8-10-17-11-9-16;1-8(2)6-9(3)12-11-7-13(5)10-4;4*1-2/h4,6,8-11H,5,7H2,1-3H3;7-8H,4,6H2,1-3,5H3;2*1-2H3;1H3;1H2/b14-13-;11-7-,12-9+;;;;. The Morgan fingerprint density at radius 2 is 1.55 bits per heavy atom. The maximum Gasteiger partial charge on any atom is 0.134 e. The van der Waals surface area contributed by atoms with E-state index < -0.39 is 0 Å². The number of alkyl halides is 1. The average Bonchev–Trinajstić information content (AvgIpc) is 2.97. The number of halogens is 1. The summed E-state index contributed by atoms with van der Waals surface area (Å²) in [6.07, 6.45) is 14.5. The number of hydrogen-bond acceptors (Lipinski definition) is 5. The molecule has 1 aromatic rings. The van der Waals surface area contributed by atoms with Crippen LogP contribution in [0.5, 0.6) is 0 Å². The van der Waals surface area contributed by atoms with Gasteiger partial charge in [0.15, 0.2) is 0 Å². The number of carbonyl (C=O) groups is 1. The molecule has 1 heterocycles. The quantitative estimate of drug-likeness (QED) is 0.148. The summed E-state index contributed by atoms with van der Waals surface area (Å²) in [4.78, 5) is 12.1. The van der Waals surface area contributed by atoms with Gasteiger partial charge in [0, 0.05) is 38.3 Å². The fourth-order valence-electron chi connectivity index (χ4n) is 2.98. The van der Waals surface area contributed by atoms with Crippen molar-refractivity contribution in [1.82, 2.24) is 9.99 Å². The third-order valence-corrected chi connectivity index (χ3v) is 4.89. The molecule has 0 unspecified atom stereocenters. The molecule has 2 rings (SSSR count). The zero-order valence-electron chi connectivity index (χ0n) is 26.2. The van der Waals surface area contributed by atoms with E-state index in [1.807, 2.05) is 53.8 Å². The third-order valence-electron chi connectivity index (χ3n) is 4.89. The van der Waals surface area contributed by atoms with Crippen LogP contribution in [0.25, 0.3) is 5.57 Å². The van der Waals surface area contributed by atoms with Crippen LogP contribution < -0.4 is 0 Å². The highest BCUT2D eigenvalue weighted by molar-refractivity contribution is 6.15. The predicted octanol–water partition coefficient (Wildman–Crippen LogP) is 9.25. The first kappa shape index (κ1) is 42.2. The number of aromatic nitrogens is 1. The number of nitrogens with zero attached hydrogens (tertiary/aromatic N) is 5. The lowest BCUT2D eigenvalue weighted by Gasteiger charge is -2.15. The van der Waals surface area contributed by atoms with Crippen molar-refractivity contribution in [3.05, 3.63) is 59.0 Å². The number of pyridine rings is 1. The van der Waals surface area contributed by atoms with Crippen molar-refractivity contribution in [1.29, 1.82) is 0 Å². The molecule has 0 radical (unpaired) electrons. The fraction of sp³-hybridized carbons (Fsp3) is 0.516. The Morgan fingerprint density at radius 3 is 1.97 bits per heavy atom. The first-order valence-corrected chi connectivity index (χ1v) is 13.9. The van der Waals surface area contributed by atoms with Crippen molar-refractivity contribution in [2.45, 2.75) is 88.5 Å². The summed E-state index contributed by atoms with van der Waals surface area (Å²) >= 11 is 4.64. The predicted molar refractivity (Wildman–Crippen MR) is 174 cm³/mol. The van der Waals surface area contributed by atoms with Gasteiger partial charge in [-0.05, 0) is 87.3 Å². The molecule has 0 spiro atoms. The minimum Gasteiger partial charge on any atom is -0.307 e. The van der Waals surface area contributed by atoms with Gasteiger partial charge in [-0.1, -0.05) is 59.3 Å². The van der Waals surface area contributed by atoms with Crippen molar-refractivity contribution in [3.8, 4) is 0 Å². The van der Waals surface area contributed by atoms with Gasteiger partial charge in [0.2, 0.25) is 0 Å². The molecule has 0 aromatic carbocycles. The Bertz CT molecular complexity index is 856. The van der Waals surface area contributed by atoms with Gasteiger partial charge in [-0.3, -0.25) is 9.99 Å². The monoisotopic (exact) mass is 547 g/mol. The lowest BCUT2D eigenvalue weighted by molar-refractivity contribution is -0.0980. The summed E-state index contributed by atoms with van der Waals surface area (Å²) in [6, 6.07) is 4.15. The average molecular weight is 548 g/mol. The molecule has 0 saturated carbocycles. The van der Waals surface area contributed by atoms with E-state index in [0.717, 1.165) is 18.6 Å². The summed E-state index contributed by atoms with van der Waals surface area (Å²) in [5.74, 6) is 0.620. The second-order valence-electron chi connectivity index (χ2n) is 8.07. The minimum absolute atomic E-state index is 0.620. The van der Waals surface area contributed by atoms with Gasteiger partial charge < -0.3 is 4.79 Å².